The molecule has 0 aliphatic heterocycles. The summed E-state index contributed by atoms with van der Waals surface area (Å²) in [4.78, 5) is 12.0. The molecule has 1 amide bonds. The Morgan fingerprint density at radius 2 is 1.81 bits per heavy atom. The Bertz CT molecular complexity index is 353. The molecular formula is C15H24F3NO2. The number of nitrogens with one attached hydrogen (secondary N) is 1. The first-order chi connectivity index (χ1) is 9.88. The number of carbonyl (C=O) groups excluding carboxylic acids is 1. The van der Waals surface area contributed by atoms with Crippen molar-refractivity contribution < 1.29 is 23.1 Å². The first-order valence-electron chi connectivity index (χ1n) is 7.90. The molecule has 0 radical (unpaired) electrons. The summed E-state index contributed by atoms with van der Waals surface area (Å²) in [5, 5.41) is 12.6. The first-order valence-corrected chi connectivity index (χ1v) is 7.90. The minimum Gasteiger partial charge on any atom is -0.391 e. The Hall–Kier alpha value is -0.780. The van der Waals surface area contributed by atoms with Gasteiger partial charge in [-0.25, -0.2) is 0 Å². The molecule has 3 nitrogen and oxygen atoms in total. The van der Waals surface area contributed by atoms with Crippen molar-refractivity contribution in [1.29, 1.82) is 0 Å². The number of aliphatic hydroxyl groups is 1. The fraction of sp³-hybridized carbons (Fsp3) is 0.933. The zero-order valence-electron chi connectivity index (χ0n) is 12.2. The van der Waals surface area contributed by atoms with Crippen LogP contribution < -0.4 is 5.32 Å². The maximum Gasteiger partial charge on any atom is 0.391 e. The van der Waals surface area contributed by atoms with Gasteiger partial charge in [-0.05, 0) is 38.0 Å². The van der Waals surface area contributed by atoms with Crippen molar-refractivity contribution in [1.82, 2.24) is 5.32 Å². The van der Waals surface area contributed by atoms with Gasteiger partial charge >= 0.3 is 6.18 Å². The van der Waals surface area contributed by atoms with Crippen LogP contribution in [0.25, 0.3) is 0 Å². The highest BCUT2D eigenvalue weighted by Crippen LogP contribution is 2.40. The van der Waals surface area contributed by atoms with Crippen LogP contribution in [0.4, 0.5) is 13.2 Å². The van der Waals surface area contributed by atoms with Gasteiger partial charge < -0.3 is 10.4 Å². The van der Waals surface area contributed by atoms with E-state index in [1.54, 1.807) is 0 Å². The zero-order chi connectivity index (χ0) is 15.5. The van der Waals surface area contributed by atoms with E-state index in [1.165, 1.54) is 0 Å². The van der Waals surface area contributed by atoms with Crippen LogP contribution in [0.2, 0.25) is 0 Å². The van der Waals surface area contributed by atoms with E-state index >= 15 is 0 Å². The molecule has 122 valence electrons. The minimum absolute atomic E-state index is 0.116. The lowest BCUT2D eigenvalue weighted by atomic mass is 9.80. The Kier molecular flexibility index (Phi) is 5.52. The average Bonchev–Trinajstić information content (AvgIpc) is 2.98. The van der Waals surface area contributed by atoms with Crippen LogP contribution in [0.5, 0.6) is 0 Å². The maximum absolute atomic E-state index is 12.7. The summed E-state index contributed by atoms with van der Waals surface area (Å²) in [7, 11) is 0. The predicted octanol–water partition coefficient (Wildman–Crippen LogP) is 3.02. The maximum atomic E-state index is 12.7. The van der Waals surface area contributed by atoms with Gasteiger partial charge in [-0.3, -0.25) is 4.79 Å². The van der Waals surface area contributed by atoms with E-state index in [9.17, 15) is 23.1 Å². The first kappa shape index (κ1) is 16.6. The molecule has 2 saturated carbocycles. The summed E-state index contributed by atoms with van der Waals surface area (Å²) in [5.74, 6) is -2.04. The molecule has 0 heterocycles. The average molecular weight is 307 g/mol. The van der Waals surface area contributed by atoms with Crippen molar-refractivity contribution in [2.45, 2.75) is 63.6 Å². The van der Waals surface area contributed by atoms with Gasteiger partial charge in [0.05, 0.1) is 12.0 Å². The Morgan fingerprint density at radius 3 is 2.43 bits per heavy atom. The topological polar surface area (TPSA) is 49.3 Å². The number of amides is 1. The Balaban J connectivity index is 1.77. The molecule has 2 rings (SSSR count). The third-order valence-corrected chi connectivity index (χ3v) is 4.94. The van der Waals surface area contributed by atoms with E-state index in [-0.39, 0.29) is 31.2 Å². The largest absolute Gasteiger partial charge is 0.391 e. The van der Waals surface area contributed by atoms with E-state index in [4.69, 9.17) is 0 Å². The highest BCUT2D eigenvalue weighted by atomic mass is 19.4. The fourth-order valence-corrected chi connectivity index (χ4v) is 3.58. The number of hydrogen-bond acceptors (Lipinski definition) is 2. The third kappa shape index (κ3) is 4.59. The summed E-state index contributed by atoms with van der Waals surface area (Å²) in [5.41, 5.74) is 0. The van der Waals surface area contributed by atoms with Gasteiger partial charge in [0.25, 0.3) is 0 Å². The molecule has 2 aliphatic rings. The quantitative estimate of drug-likeness (QED) is 0.839. The van der Waals surface area contributed by atoms with E-state index in [1.807, 2.05) is 0 Å². The smallest absolute Gasteiger partial charge is 0.391 e. The molecule has 3 unspecified atom stereocenters. The summed E-state index contributed by atoms with van der Waals surface area (Å²) in [6, 6.07) is 0. The number of alkyl halides is 3. The molecule has 3 atom stereocenters. The van der Waals surface area contributed by atoms with Crippen LogP contribution in [0, 0.1) is 17.8 Å². The lowest BCUT2D eigenvalue weighted by molar-refractivity contribution is -0.186. The van der Waals surface area contributed by atoms with Gasteiger partial charge in [0.15, 0.2) is 0 Å². The van der Waals surface area contributed by atoms with Gasteiger partial charge in [0.2, 0.25) is 5.91 Å². The van der Waals surface area contributed by atoms with Crippen molar-refractivity contribution >= 4 is 5.91 Å². The molecule has 2 aliphatic carbocycles. The molecule has 2 N–H and O–H groups in total. The molecule has 0 aromatic rings. The summed E-state index contributed by atoms with van der Waals surface area (Å²) < 4.78 is 38.2. The predicted molar refractivity (Wildman–Crippen MR) is 72.5 cm³/mol. The summed E-state index contributed by atoms with van der Waals surface area (Å²) >= 11 is 0. The van der Waals surface area contributed by atoms with Crippen LogP contribution in [-0.2, 0) is 4.79 Å². The third-order valence-electron chi connectivity index (χ3n) is 4.94. The van der Waals surface area contributed by atoms with Crippen molar-refractivity contribution in [3.8, 4) is 0 Å². The molecule has 2 fully saturated rings. The van der Waals surface area contributed by atoms with Crippen LogP contribution in [-0.4, -0.2) is 29.8 Å². The van der Waals surface area contributed by atoms with Gasteiger partial charge in [-0.15, -0.1) is 0 Å². The van der Waals surface area contributed by atoms with E-state index < -0.39 is 24.1 Å². The summed E-state index contributed by atoms with van der Waals surface area (Å²) in [6.45, 7) is 0.163. The van der Waals surface area contributed by atoms with E-state index in [0.717, 1.165) is 25.7 Å². The lowest BCUT2D eigenvalue weighted by Crippen LogP contribution is -2.41. The zero-order valence-corrected chi connectivity index (χ0v) is 12.2. The van der Waals surface area contributed by atoms with Gasteiger partial charge in [0, 0.05) is 12.5 Å². The van der Waals surface area contributed by atoms with Crippen LogP contribution in [0.1, 0.15) is 51.4 Å². The lowest BCUT2D eigenvalue weighted by Gasteiger charge is -2.30. The minimum atomic E-state index is -4.21. The fourth-order valence-electron chi connectivity index (χ4n) is 3.58. The second-order valence-corrected chi connectivity index (χ2v) is 6.46. The number of aliphatic hydroxyl groups excluding tert-OH is 1. The number of rotatable bonds is 4. The number of halogens is 3. The van der Waals surface area contributed by atoms with Crippen molar-refractivity contribution in [3.63, 3.8) is 0 Å². The van der Waals surface area contributed by atoms with E-state index in [2.05, 4.69) is 5.32 Å². The van der Waals surface area contributed by atoms with Crippen molar-refractivity contribution in [2.75, 3.05) is 6.54 Å². The molecule has 0 spiro atoms. The second-order valence-electron chi connectivity index (χ2n) is 6.46. The van der Waals surface area contributed by atoms with Gasteiger partial charge in [-0.2, -0.15) is 13.2 Å². The highest BCUT2D eigenvalue weighted by molar-refractivity contribution is 5.78. The van der Waals surface area contributed by atoms with Gasteiger partial charge in [-0.1, -0.05) is 19.3 Å². The van der Waals surface area contributed by atoms with Crippen molar-refractivity contribution in [3.05, 3.63) is 0 Å². The number of carbonyl (C=O) groups is 1. The normalized spacial score (nSPS) is 29.3. The van der Waals surface area contributed by atoms with Crippen molar-refractivity contribution in [2.24, 2.45) is 17.8 Å². The van der Waals surface area contributed by atoms with Gasteiger partial charge in [0.1, 0.15) is 0 Å². The molecule has 21 heavy (non-hydrogen) atoms. The van der Waals surface area contributed by atoms with E-state index in [0.29, 0.717) is 12.8 Å². The molecule has 0 bridgehead atoms. The highest BCUT2D eigenvalue weighted by Gasteiger charge is 2.43. The monoisotopic (exact) mass is 307 g/mol. The second kappa shape index (κ2) is 6.99. The van der Waals surface area contributed by atoms with Crippen LogP contribution >= 0.6 is 0 Å². The number of hydrogen-bond donors (Lipinski definition) is 2. The van der Waals surface area contributed by atoms with Crippen LogP contribution in [0.15, 0.2) is 0 Å². The van der Waals surface area contributed by atoms with Crippen LogP contribution in [0.3, 0.4) is 0 Å². The Morgan fingerprint density at radius 1 is 1.14 bits per heavy atom. The summed E-state index contributed by atoms with van der Waals surface area (Å²) in [6.07, 6.45) is 0.323. The molecule has 0 saturated heterocycles. The molecular weight excluding hydrogens is 283 g/mol. The molecule has 0 aromatic heterocycles. The standard InChI is InChI=1S/C15H24F3NO2/c16-15(17,18)12-7-3-6-11(8-12)14(21)19-9-13(20)10-4-1-2-5-10/h10-13,20H,1-9H2,(H,19,21). The Labute approximate surface area is 123 Å². The SMILES string of the molecule is O=C(NCC(O)C1CCCC1)C1CCCC(C(F)(F)F)C1. The molecule has 0 aromatic carbocycles. The molecule has 6 heteroatoms.